The number of amides is 1. The van der Waals surface area contributed by atoms with Crippen molar-refractivity contribution >= 4 is 29.1 Å². The lowest BCUT2D eigenvalue weighted by molar-refractivity contribution is -0.0329. The van der Waals surface area contributed by atoms with E-state index in [1.165, 1.54) is 0 Å². The van der Waals surface area contributed by atoms with Gasteiger partial charge in [0.2, 0.25) is 0 Å². The predicted octanol–water partition coefficient (Wildman–Crippen LogP) is 4.95. The standard InChI is InChI=1S/C22H26Cl2N2O2/c1-15(2)12-25-22(27)18-5-3-4-16(10-18)13-26-8-9-28-21(14-26)17-6-7-19(23)20(24)11-17/h3-7,10-11,15,21H,8-9,12-14H2,1-2H3,(H,25,27). The van der Waals surface area contributed by atoms with Crippen molar-refractivity contribution in [3.05, 3.63) is 69.2 Å². The number of ether oxygens (including phenoxy) is 1. The van der Waals surface area contributed by atoms with Crippen LogP contribution in [-0.2, 0) is 11.3 Å². The summed E-state index contributed by atoms with van der Waals surface area (Å²) in [6, 6.07) is 13.5. The summed E-state index contributed by atoms with van der Waals surface area (Å²) in [5.41, 5.74) is 2.85. The molecule has 2 aromatic rings. The van der Waals surface area contributed by atoms with Crippen molar-refractivity contribution in [1.29, 1.82) is 0 Å². The molecule has 0 aromatic heterocycles. The zero-order valence-corrected chi connectivity index (χ0v) is 17.8. The monoisotopic (exact) mass is 420 g/mol. The summed E-state index contributed by atoms with van der Waals surface area (Å²) >= 11 is 12.2. The number of nitrogens with zero attached hydrogens (tertiary/aromatic N) is 1. The summed E-state index contributed by atoms with van der Waals surface area (Å²) in [4.78, 5) is 14.7. The van der Waals surface area contributed by atoms with Crippen LogP contribution >= 0.6 is 23.2 Å². The number of benzene rings is 2. The normalized spacial score (nSPS) is 17.7. The maximum absolute atomic E-state index is 12.3. The molecule has 1 aliphatic heterocycles. The summed E-state index contributed by atoms with van der Waals surface area (Å²) in [5.74, 6) is 0.407. The number of halogens is 2. The van der Waals surface area contributed by atoms with Gasteiger partial charge >= 0.3 is 0 Å². The maximum Gasteiger partial charge on any atom is 0.251 e. The lowest BCUT2D eigenvalue weighted by Crippen LogP contribution is -2.37. The largest absolute Gasteiger partial charge is 0.371 e. The second-order valence-electron chi connectivity index (χ2n) is 7.57. The molecule has 1 amide bonds. The molecule has 0 saturated carbocycles. The van der Waals surface area contributed by atoms with E-state index < -0.39 is 0 Å². The topological polar surface area (TPSA) is 41.6 Å². The first-order valence-electron chi connectivity index (χ1n) is 9.58. The zero-order chi connectivity index (χ0) is 20.1. The van der Waals surface area contributed by atoms with E-state index in [0.29, 0.717) is 34.7 Å². The van der Waals surface area contributed by atoms with Gasteiger partial charge in [0.1, 0.15) is 0 Å². The first kappa shape index (κ1) is 21.1. The molecule has 1 aliphatic rings. The first-order chi connectivity index (χ1) is 13.4. The summed E-state index contributed by atoms with van der Waals surface area (Å²) in [6.07, 6.45) is -0.0407. The molecule has 2 aromatic carbocycles. The Kier molecular flexibility index (Phi) is 7.36. The highest BCUT2D eigenvalue weighted by molar-refractivity contribution is 6.42. The quantitative estimate of drug-likeness (QED) is 0.718. The van der Waals surface area contributed by atoms with Crippen LogP contribution in [0, 0.1) is 5.92 Å². The SMILES string of the molecule is CC(C)CNC(=O)c1cccc(CN2CCOC(c3ccc(Cl)c(Cl)c3)C2)c1. The van der Waals surface area contributed by atoms with E-state index in [1.54, 1.807) is 6.07 Å². The Morgan fingerprint density at radius 3 is 2.79 bits per heavy atom. The Hall–Kier alpha value is -1.59. The molecule has 150 valence electrons. The van der Waals surface area contributed by atoms with E-state index in [0.717, 1.165) is 30.8 Å². The van der Waals surface area contributed by atoms with E-state index >= 15 is 0 Å². The number of carbonyl (C=O) groups is 1. The first-order valence-corrected chi connectivity index (χ1v) is 10.3. The minimum atomic E-state index is -0.0407. The highest BCUT2D eigenvalue weighted by Gasteiger charge is 2.23. The van der Waals surface area contributed by atoms with Crippen LogP contribution in [0.1, 0.15) is 41.4 Å². The molecule has 1 heterocycles. The third kappa shape index (κ3) is 5.71. The summed E-state index contributed by atoms with van der Waals surface area (Å²) in [6.45, 7) is 7.88. The van der Waals surface area contributed by atoms with E-state index in [1.807, 2.05) is 30.3 Å². The van der Waals surface area contributed by atoms with Crippen LogP contribution < -0.4 is 5.32 Å². The Balaban J connectivity index is 1.64. The van der Waals surface area contributed by atoms with Gasteiger partial charge in [-0.25, -0.2) is 0 Å². The molecule has 0 spiro atoms. The molecule has 4 nitrogen and oxygen atoms in total. The van der Waals surface area contributed by atoms with E-state index in [9.17, 15) is 4.79 Å². The van der Waals surface area contributed by atoms with Gasteiger partial charge in [0.05, 0.1) is 22.8 Å². The van der Waals surface area contributed by atoms with Crippen molar-refractivity contribution in [3.8, 4) is 0 Å². The van der Waals surface area contributed by atoms with Crippen LogP contribution in [0.2, 0.25) is 10.0 Å². The van der Waals surface area contributed by atoms with Crippen molar-refractivity contribution in [2.45, 2.75) is 26.5 Å². The molecule has 1 fully saturated rings. The highest BCUT2D eigenvalue weighted by atomic mass is 35.5. The van der Waals surface area contributed by atoms with Crippen molar-refractivity contribution in [3.63, 3.8) is 0 Å². The van der Waals surface area contributed by atoms with Crippen molar-refractivity contribution in [2.24, 2.45) is 5.92 Å². The van der Waals surface area contributed by atoms with Crippen LogP contribution in [0.25, 0.3) is 0 Å². The third-order valence-electron chi connectivity index (χ3n) is 4.73. The fourth-order valence-corrected chi connectivity index (χ4v) is 3.53. The second kappa shape index (κ2) is 9.75. The molecule has 1 atom stereocenters. The van der Waals surface area contributed by atoms with Crippen molar-refractivity contribution in [2.75, 3.05) is 26.2 Å². The fraction of sp³-hybridized carbons (Fsp3) is 0.409. The molecular weight excluding hydrogens is 395 g/mol. The molecule has 3 rings (SSSR count). The van der Waals surface area contributed by atoms with Gasteiger partial charge in [-0.05, 0) is 41.3 Å². The van der Waals surface area contributed by atoms with Crippen LogP contribution in [-0.4, -0.2) is 37.0 Å². The minimum absolute atomic E-state index is 0.0220. The lowest BCUT2D eigenvalue weighted by atomic mass is 10.1. The fourth-order valence-electron chi connectivity index (χ4n) is 3.23. The molecular formula is C22H26Cl2N2O2. The summed E-state index contributed by atoms with van der Waals surface area (Å²) in [5, 5.41) is 4.06. The van der Waals surface area contributed by atoms with Gasteiger partial charge in [-0.2, -0.15) is 0 Å². The molecule has 1 unspecified atom stereocenters. The maximum atomic E-state index is 12.3. The molecule has 6 heteroatoms. The molecule has 1 saturated heterocycles. The van der Waals surface area contributed by atoms with Gasteiger partial charge in [0.15, 0.2) is 0 Å². The Morgan fingerprint density at radius 1 is 1.21 bits per heavy atom. The Bertz CT molecular complexity index is 826. The van der Waals surface area contributed by atoms with E-state index in [-0.39, 0.29) is 12.0 Å². The van der Waals surface area contributed by atoms with Gasteiger partial charge in [-0.1, -0.05) is 55.2 Å². The van der Waals surface area contributed by atoms with E-state index in [4.69, 9.17) is 27.9 Å². The van der Waals surface area contributed by atoms with E-state index in [2.05, 4.69) is 30.1 Å². The minimum Gasteiger partial charge on any atom is -0.371 e. The third-order valence-corrected chi connectivity index (χ3v) is 5.47. The predicted molar refractivity (Wildman–Crippen MR) is 114 cm³/mol. The lowest BCUT2D eigenvalue weighted by Gasteiger charge is -2.33. The van der Waals surface area contributed by atoms with Crippen molar-refractivity contribution < 1.29 is 9.53 Å². The van der Waals surface area contributed by atoms with Crippen LogP contribution in [0.4, 0.5) is 0 Å². The number of rotatable bonds is 6. The van der Waals surface area contributed by atoms with Gasteiger partial charge in [0, 0.05) is 31.7 Å². The van der Waals surface area contributed by atoms with Crippen molar-refractivity contribution in [1.82, 2.24) is 10.2 Å². The number of hydrogen-bond donors (Lipinski definition) is 1. The van der Waals surface area contributed by atoms with Gasteiger partial charge < -0.3 is 10.1 Å². The number of morpholine rings is 1. The number of carbonyl (C=O) groups excluding carboxylic acids is 1. The average molecular weight is 421 g/mol. The van der Waals surface area contributed by atoms with Crippen LogP contribution in [0.5, 0.6) is 0 Å². The number of hydrogen-bond acceptors (Lipinski definition) is 3. The van der Waals surface area contributed by atoms with Crippen LogP contribution in [0.3, 0.4) is 0 Å². The second-order valence-corrected chi connectivity index (χ2v) is 8.39. The molecule has 1 N–H and O–H groups in total. The molecule has 0 aliphatic carbocycles. The number of nitrogens with one attached hydrogen (secondary N) is 1. The Labute approximate surface area is 176 Å². The van der Waals surface area contributed by atoms with Gasteiger partial charge in [-0.15, -0.1) is 0 Å². The smallest absolute Gasteiger partial charge is 0.251 e. The highest BCUT2D eigenvalue weighted by Crippen LogP contribution is 2.29. The summed E-state index contributed by atoms with van der Waals surface area (Å²) in [7, 11) is 0. The molecule has 0 bridgehead atoms. The van der Waals surface area contributed by atoms with Gasteiger partial charge in [0.25, 0.3) is 5.91 Å². The molecule has 28 heavy (non-hydrogen) atoms. The zero-order valence-electron chi connectivity index (χ0n) is 16.3. The van der Waals surface area contributed by atoms with Crippen LogP contribution in [0.15, 0.2) is 42.5 Å². The average Bonchev–Trinajstić information content (AvgIpc) is 2.68. The van der Waals surface area contributed by atoms with Gasteiger partial charge in [-0.3, -0.25) is 9.69 Å². The molecule has 0 radical (unpaired) electrons. The Morgan fingerprint density at radius 2 is 2.04 bits per heavy atom. The summed E-state index contributed by atoms with van der Waals surface area (Å²) < 4.78 is 5.94.